The lowest BCUT2D eigenvalue weighted by molar-refractivity contribution is -0.176. The molecule has 0 atom stereocenters. The van der Waals surface area contributed by atoms with E-state index in [1.54, 1.807) is 0 Å². The van der Waals surface area contributed by atoms with Crippen LogP contribution in [0.1, 0.15) is 5.56 Å². The van der Waals surface area contributed by atoms with Crippen molar-refractivity contribution in [3.8, 4) is 0 Å². The summed E-state index contributed by atoms with van der Waals surface area (Å²) in [7, 11) is 0. The van der Waals surface area contributed by atoms with Crippen LogP contribution in [0.2, 0.25) is 5.02 Å². The smallest absolute Gasteiger partial charge is 0.281 e. The van der Waals surface area contributed by atoms with Gasteiger partial charge in [0.2, 0.25) is 0 Å². The number of rotatable bonds is 1. The van der Waals surface area contributed by atoms with Crippen LogP contribution in [-0.2, 0) is 0 Å². The normalized spacial score (nSPS) is 11.6. The van der Waals surface area contributed by atoms with Gasteiger partial charge in [0.05, 0.1) is 5.69 Å². The zero-order valence-corrected chi connectivity index (χ0v) is 7.89. The summed E-state index contributed by atoms with van der Waals surface area (Å²) in [5, 5.41) is 8.38. The predicted octanol–water partition coefficient (Wildman–Crippen LogP) is 3.36. The average molecular weight is 226 g/mol. The molecule has 0 radical (unpaired) electrons. The standard InChI is InChI=1S/C8H7ClF3NO/c1-5-4-6(9)2-3-7(5)13(14)8(10,11)12/h2-4,14H,1H3. The second-order valence-corrected chi connectivity index (χ2v) is 3.15. The Morgan fingerprint density at radius 1 is 1.36 bits per heavy atom. The van der Waals surface area contributed by atoms with Gasteiger partial charge in [-0.1, -0.05) is 11.6 Å². The second kappa shape index (κ2) is 3.67. The van der Waals surface area contributed by atoms with Gasteiger partial charge in [-0.2, -0.15) is 5.06 Å². The molecule has 1 aromatic rings. The molecular formula is C8H7ClF3NO. The van der Waals surface area contributed by atoms with E-state index in [-0.39, 0.29) is 11.3 Å². The molecule has 0 fully saturated rings. The predicted molar refractivity (Wildman–Crippen MR) is 46.5 cm³/mol. The van der Waals surface area contributed by atoms with Crippen LogP contribution < -0.4 is 5.06 Å². The van der Waals surface area contributed by atoms with Gasteiger partial charge in [-0.05, 0) is 30.7 Å². The van der Waals surface area contributed by atoms with Crippen LogP contribution in [0.4, 0.5) is 18.9 Å². The van der Waals surface area contributed by atoms with Gasteiger partial charge in [-0.25, -0.2) is 0 Å². The van der Waals surface area contributed by atoms with E-state index in [4.69, 9.17) is 16.8 Å². The molecule has 78 valence electrons. The maximum absolute atomic E-state index is 12.1. The SMILES string of the molecule is Cc1cc(Cl)ccc1N(O)C(F)(F)F. The van der Waals surface area contributed by atoms with E-state index in [2.05, 4.69) is 0 Å². The van der Waals surface area contributed by atoms with Crippen molar-refractivity contribution >= 4 is 17.3 Å². The Morgan fingerprint density at radius 2 is 1.93 bits per heavy atom. The highest BCUT2D eigenvalue weighted by Gasteiger charge is 2.37. The number of nitrogens with zero attached hydrogens (tertiary/aromatic N) is 1. The molecule has 14 heavy (non-hydrogen) atoms. The maximum Gasteiger partial charge on any atom is 0.508 e. The molecule has 0 aliphatic rings. The Labute approximate surface area is 83.5 Å². The number of aryl methyl sites for hydroxylation is 1. The molecule has 1 N–H and O–H groups in total. The highest BCUT2D eigenvalue weighted by molar-refractivity contribution is 6.30. The van der Waals surface area contributed by atoms with Crippen LogP contribution in [0.25, 0.3) is 0 Å². The lowest BCUT2D eigenvalue weighted by Crippen LogP contribution is -2.35. The van der Waals surface area contributed by atoms with E-state index in [1.165, 1.54) is 19.1 Å². The van der Waals surface area contributed by atoms with Crippen molar-refractivity contribution in [1.29, 1.82) is 0 Å². The second-order valence-electron chi connectivity index (χ2n) is 2.71. The van der Waals surface area contributed by atoms with Crippen LogP contribution in [-0.4, -0.2) is 11.5 Å². The monoisotopic (exact) mass is 225 g/mol. The minimum Gasteiger partial charge on any atom is -0.281 e. The molecule has 0 saturated heterocycles. The molecule has 0 heterocycles. The topological polar surface area (TPSA) is 23.5 Å². The van der Waals surface area contributed by atoms with Crippen molar-refractivity contribution in [2.45, 2.75) is 13.2 Å². The van der Waals surface area contributed by atoms with Crippen LogP contribution in [0.15, 0.2) is 18.2 Å². The third-order valence-electron chi connectivity index (χ3n) is 1.63. The highest BCUT2D eigenvalue weighted by atomic mass is 35.5. The first-order chi connectivity index (χ1) is 6.32. The molecular weight excluding hydrogens is 219 g/mol. The minimum absolute atomic E-state index is 0.248. The fourth-order valence-corrected chi connectivity index (χ4v) is 1.22. The van der Waals surface area contributed by atoms with E-state index in [1.807, 2.05) is 0 Å². The molecule has 1 aromatic carbocycles. The van der Waals surface area contributed by atoms with Gasteiger partial charge in [0.25, 0.3) is 0 Å². The lowest BCUT2D eigenvalue weighted by Gasteiger charge is -2.21. The first kappa shape index (κ1) is 11.1. The molecule has 0 spiro atoms. The summed E-state index contributed by atoms with van der Waals surface area (Å²) < 4.78 is 36.2. The van der Waals surface area contributed by atoms with Crippen molar-refractivity contribution in [3.05, 3.63) is 28.8 Å². The Morgan fingerprint density at radius 3 is 2.36 bits per heavy atom. The van der Waals surface area contributed by atoms with Gasteiger partial charge in [-0.3, -0.25) is 5.21 Å². The molecule has 1 rings (SSSR count). The van der Waals surface area contributed by atoms with E-state index < -0.39 is 11.4 Å². The molecule has 0 unspecified atom stereocenters. The van der Waals surface area contributed by atoms with E-state index >= 15 is 0 Å². The Balaban J connectivity index is 3.08. The Hall–Kier alpha value is -0.940. The fraction of sp³-hybridized carbons (Fsp3) is 0.250. The number of benzene rings is 1. The van der Waals surface area contributed by atoms with Gasteiger partial charge in [-0.15, -0.1) is 13.2 Å². The lowest BCUT2D eigenvalue weighted by atomic mass is 10.2. The van der Waals surface area contributed by atoms with Gasteiger partial charge >= 0.3 is 6.30 Å². The van der Waals surface area contributed by atoms with Crippen molar-refractivity contribution in [2.75, 3.05) is 5.06 Å². The summed E-state index contributed by atoms with van der Waals surface area (Å²) >= 11 is 5.55. The van der Waals surface area contributed by atoms with Crippen LogP contribution in [0.3, 0.4) is 0 Å². The zero-order valence-electron chi connectivity index (χ0n) is 7.14. The van der Waals surface area contributed by atoms with Crippen molar-refractivity contribution < 1.29 is 18.4 Å². The molecule has 0 aliphatic carbocycles. The largest absolute Gasteiger partial charge is 0.508 e. The third kappa shape index (κ3) is 2.30. The number of hydroxylamine groups is 1. The van der Waals surface area contributed by atoms with Crippen LogP contribution in [0, 0.1) is 6.92 Å². The molecule has 6 heteroatoms. The first-order valence-electron chi connectivity index (χ1n) is 3.64. The van der Waals surface area contributed by atoms with Gasteiger partial charge < -0.3 is 0 Å². The first-order valence-corrected chi connectivity index (χ1v) is 4.02. The van der Waals surface area contributed by atoms with Gasteiger partial charge in [0.1, 0.15) is 0 Å². The highest BCUT2D eigenvalue weighted by Crippen LogP contribution is 2.30. The van der Waals surface area contributed by atoms with E-state index in [0.717, 1.165) is 6.07 Å². The number of halogens is 4. The van der Waals surface area contributed by atoms with Crippen LogP contribution >= 0.6 is 11.6 Å². The number of hydrogen-bond acceptors (Lipinski definition) is 2. The summed E-state index contributed by atoms with van der Waals surface area (Å²) in [5.74, 6) is 0. The van der Waals surface area contributed by atoms with Crippen molar-refractivity contribution in [1.82, 2.24) is 0 Å². The zero-order chi connectivity index (χ0) is 10.9. The molecule has 0 aromatic heterocycles. The fourth-order valence-electron chi connectivity index (χ4n) is 0.993. The molecule has 0 aliphatic heterocycles. The Bertz CT molecular complexity index is 340. The third-order valence-corrected chi connectivity index (χ3v) is 1.86. The molecule has 0 amide bonds. The number of alkyl halides is 3. The number of hydrogen-bond donors (Lipinski definition) is 1. The average Bonchev–Trinajstić information content (AvgIpc) is 2.01. The minimum atomic E-state index is -4.81. The van der Waals surface area contributed by atoms with E-state index in [9.17, 15) is 13.2 Å². The summed E-state index contributed by atoms with van der Waals surface area (Å²) in [6.07, 6.45) is -4.81. The molecule has 0 saturated carbocycles. The van der Waals surface area contributed by atoms with Crippen molar-refractivity contribution in [2.24, 2.45) is 0 Å². The summed E-state index contributed by atoms with van der Waals surface area (Å²) in [5.41, 5.74) is -0.0841. The molecule has 2 nitrogen and oxygen atoms in total. The quantitative estimate of drug-likeness (QED) is 0.585. The summed E-state index contributed by atoms with van der Waals surface area (Å²) in [4.78, 5) is 0. The molecule has 0 bridgehead atoms. The maximum atomic E-state index is 12.1. The summed E-state index contributed by atoms with van der Waals surface area (Å²) in [6.45, 7) is 1.43. The van der Waals surface area contributed by atoms with Crippen molar-refractivity contribution in [3.63, 3.8) is 0 Å². The van der Waals surface area contributed by atoms with Crippen LogP contribution in [0.5, 0.6) is 0 Å². The van der Waals surface area contributed by atoms with E-state index in [0.29, 0.717) is 5.02 Å². The van der Waals surface area contributed by atoms with Gasteiger partial charge in [0, 0.05) is 5.02 Å². The Kier molecular flexibility index (Phi) is 2.92. The summed E-state index contributed by atoms with van der Waals surface area (Å²) in [6, 6.07) is 3.72. The number of anilines is 1. The van der Waals surface area contributed by atoms with Gasteiger partial charge in [0.15, 0.2) is 0 Å².